The predicted molar refractivity (Wildman–Crippen MR) is 96.4 cm³/mol. The lowest BCUT2D eigenvalue weighted by atomic mass is 9.89. The third-order valence-corrected chi connectivity index (χ3v) is 5.10. The third kappa shape index (κ3) is 7.15. The highest BCUT2D eigenvalue weighted by Gasteiger charge is 2.47. The summed E-state index contributed by atoms with van der Waals surface area (Å²) in [4.78, 5) is 11.9. The van der Waals surface area contributed by atoms with Crippen molar-refractivity contribution < 1.29 is 26.4 Å². The van der Waals surface area contributed by atoms with Crippen molar-refractivity contribution in [2.24, 2.45) is 17.8 Å². The topological polar surface area (TPSA) is 81.1 Å². The van der Waals surface area contributed by atoms with Gasteiger partial charge in [-0.05, 0) is 43.1 Å². The Morgan fingerprint density at radius 3 is 2.15 bits per heavy atom. The quantitative estimate of drug-likeness (QED) is 0.663. The van der Waals surface area contributed by atoms with Gasteiger partial charge in [0, 0.05) is 6.20 Å². The third-order valence-electron chi connectivity index (χ3n) is 4.04. The highest BCUT2D eigenvalue weighted by Crippen LogP contribution is 2.28. The van der Waals surface area contributed by atoms with E-state index in [1.807, 2.05) is 13.8 Å². The van der Waals surface area contributed by atoms with Gasteiger partial charge in [-0.2, -0.15) is 26.7 Å². The molecule has 0 saturated carbocycles. The molecule has 0 aliphatic rings. The lowest BCUT2D eigenvalue weighted by Gasteiger charge is -2.24. The Bertz CT molecular complexity index is 727. The first-order valence-electron chi connectivity index (χ1n) is 8.91. The van der Waals surface area contributed by atoms with E-state index < -0.39 is 21.4 Å². The van der Waals surface area contributed by atoms with E-state index in [-0.39, 0.29) is 11.7 Å². The zero-order chi connectivity index (χ0) is 21.0. The molecule has 10 heteroatoms. The van der Waals surface area contributed by atoms with Crippen LogP contribution in [0.1, 0.15) is 70.4 Å². The van der Waals surface area contributed by atoms with Crippen molar-refractivity contribution in [1.82, 2.24) is 14.5 Å². The lowest BCUT2D eigenvalue weighted by Crippen LogP contribution is -2.40. The molecule has 0 fully saturated rings. The average Bonchev–Trinajstić information content (AvgIpc) is 2.93. The maximum atomic E-state index is 12.4. The van der Waals surface area contributed by atoms with E-state index in [2.05, 4.69) is 25.9 Å². The van der Waals surface area contributed by atoms with Crippen LogP contribution in [0.5, 0.6) is 0 Å². The molecule has 0 aliphatic carbocycles. The Kier molecular flexibility index (Phi) is 7.88. The lowest BCUT2D eigenvalue weighted by molar-refractivity contribution is -0.0446. The second-order valence-electron chi connectivity index (χ2n) is 7.82. The van der Waals surface area contributed by atoms with Gasteiger partial charge in [0.25, 0.3) is 5.91 Å². The Labute approximate surface area is 158 Å². The normalized spacial score (nSPS) is 15.2. The van der Waals surface area contributed by atoms with Gasteiger partial charge in [0.1, 0.15) is 0 Å². The zero-order valence-corrected chi connectivity index (χ0v) is 17.1. The van der Waals surface area contributed by atoms with Crippen LogP contribution < -0.4 is 4.72 Å². The number of hydrogen-bond donors (Lipinski definition) is 1. The Morgan fingerprint density at radius 2 is 1.67 bits per heavy atom. The molecule has 156 valence electrons. The number of halogens is 3. The molecular weight excluding hydrogens is 383 g/mol. The molecule has 1 N–H and O–H groups in total. The maximum absolute atomic E-state index is 12.4. The largest absolute Gasteiger partial charge is 0.516 e. The molecule has 6 nitrogen and oxygen atoms in total. The number of nitrogens with zero attached hydrogens (tertiary/aromatic N) is 2. The number of carbonyl (C=O) groups excluding carboxylic acids is 1. The van der Waals surface area contributed by atoms with E-state index in [4.69, 9.17) is 0 Å². The molecule has 1 rings (SSSR count). The van der Waals surface area contributed by atoms with Gasteiger partial charge in [-0.25, -0.2) is 4.72 Å². The molecule has 1 aromatic heterocycles. The van der Waals surface area contributed by atoms with E-state index >= 15 is 0 Å². The summed E-state index contributed by atoms with van der Waals surface area (Å²) in [6.45, 7) is 10.5. The van der Waals surface area contributed by atoms with E-state index in [0.29, 0.717) is 17.8 Å². The molecule has 0 bridgehead atoms. The van der Waals surface area contributed by atoms with Crippen LogP contribution in [0.3, 0.4) is 0 Å². The monoisotopic (exact) mass is 411 g/mol. The number of hydrogen-bond acceptors (Lipinski definition) is 4. The molecule has 0 aliphatic heterocycles. The van der Waals surface area contributed by atoms with Crippen molar-refractivity contribution >= 4 is 15.9 Å². The molecule has 0 aromatic carbocycles. The van der Waals surface area contributed by atoms with Gasteiger partial charge in [0.2, 0.25) is 0 Å². The summed E-state index contributed by atoms with van der Waals surface area (Å²) < 4.78 is 61.9. The molecule has 0 radical (unpaired) electrons. The summed E-state index contributed by atoms with van der Waals surface area (Å²) in [5.41, 5.74) is -5.93. The van der Waals surface area contributed by atoms with Crippen LogP contribution in [0, 0.1) is 17.8 Å². The minimum Gasteiger partial charge on any atom is -0.269 e. The average molecular weight is 411 g/mol. The van der Waals surface area contributed by atoms with Crippen LogP contribution >= 0.6 is 0 Å². The van der Waals surface area contributed by atoms with Gasteiger partial charge in [0.15, 0.2) is 5.69 Å². The van der Waals surface area contributed by atoms with E-state index in [0.717, 1.165) is 24.0 Å². The number of rotatable bonds is 9. The second-order valence-corrected chi connectivity index (χ2v) is 9.49. The SMILES string of the molecule is CC(C)CC(C)CC(CC(C)C)n1ccc(C(=O)NS(=O)(=O)C(F)(F)F)n1. The van der Waals surface area contributed by atoms with Gasteiger partial charge < -0.3 is 0 Å². The first-order valence-corrected chi connectivity index (χ1v) is 10.4. The van der Waals surface area contributed by atoms with Gasteiger partial charge in [-0.1, -0.05) is 34.6 Å². The minimum absolute atomic E-state index is 0.0282. The highest BCUT2D eigenvalue weighted by molar-refractivity contribution is 7.90. The summed E-state index contributed by atoms with van der Waals surface area (Å²) >= 11 is 0. The summed E-state index contributed by atoms with van der Waals surface area (Å²) in [5.74, 6) is -0.106. The summed E-state index contributed by atoms with van der Waals surface area (Å²) in [7, 11) is -5.76. The van der Waals surface area contributed by atoms with Crippen LogP contribution in [0.4, 0.5) is 13.2 Å². The van der Waals surface area contributed by atoms with Gasteiger partial charge >= 0.3 is 15.5 Å². The predicted octanol–water partition coefficient (Wildman–Crippen LogP) is 4.12. The molecule has 1 heterocycles. The maximum Gasteiger partial charge on any atom is 0.516 e. The first-order chi connectivity index (χ1) is 12.2. The molecule has 1 amide bonds. The molecule has 2 unspecified atom stereocenters. The van der Waals surface area contributed by atoms with Crippen molar-refractivity contribution in [3.63, 3.8) is 0 Å². The summed E-state index contributed by atoms with van der Waals surface area (Å²) in [6.07, 6.45) is 4.11. The van der Waals surface area contributed by atoms with Crippen molar-refractivity contribution in [2.45, 2.75) is 65.4 Å². The molecular formula is C17H28F3N3O3S. The Balaban J connectivity index is 2.96. The number of aromatic nitrogens is 2. The second kappa shape index (κ2) is 9.07. The van der Waals surface area contributed by atoms with Crippen LogP contribution in [0.2, 0.25) is 0 Å². The smallest absolute Gasteiger partial charge is 0.269 e. The summed E-state index contributed by atoms with van der Waals surface area (Å²) in [6, 6.07) is 1.20. The fraction of sp³-hybridized carbons (Fsp3) is 0.765. The van der Waals surface area contributed by atoms with E-state index in [1.165, 1.54) is 12.3 Å². The minimum atomic E-state index is -5.76. The fourth-order valence-corrected chi connectivity index (χ4v) is 3.58. The fourth-order valence-electron chi connectivity index (χ4n) is 3.12. The van der Waals surface area contributed by atoms with E-state index in [9.17, 15) is 26.4 Å². The highest BCUT2D eigenvalue weighted by atomic mass is 32.2. The number of alkyl halides is 3. The summed E-state index contributed by atoms with van der Waals surface area (Å²) in [5, 5.41) is 4.03. The van der Waals surface area contributed by atoms with Crippen LogP contribution in [-0.4, -0.2) is 29.6 Å². The zero-order valence-electron chi connectivity index (χ0n) is 16.2. The van der Waals surface area contributed by atoms with Crippen LogP contribution in [0.15, 0.2) is 12.3 Å². The Hall–Kier alpha value is -1.58. The molecule has 2 atom stereocenters. The van der Waals surface area contributed by atoms with Gasteiger partial charge in [0.05, 0.1) is 6.04 Å². The van der Waals surface area contributed by atoms with Crippen molar-refractivity contribution in [3.05, 3.63) is 18.0 Å². The number of nitrogens with one attached hydrogen (secondary N) is 1. The van der Waals surface area contributed by atoms with Crippen molar-refractivity contribution in [2.75, 3.05) is 0 Å². The molecule has 0 saturated heterocycles. The van der Waals surface area contributed by atoms with Crippen LogP contribution in [0.25, 0.3) is 0 Å². The number of amides is 1. The molecule has 0 spiro atoms. The van der Waals surface area contributed by atoms with Crippen LogP contribution in [-0.2, 0) is 10.0 Å². The molecule has 27 heavy (non-hydrogen) atoms. The first kappa shape index (κ1) is 23.5. The van der Waals surface area contributed by atoms with Gasteiger partial charge in [-0.15, -0.1) is 0 Å². The van der Waals surface area contributed by atoms with Crippen molar-refractivity contribution in [3.8, 4) is 0 Å². The van der Waals surface area contributed by atoms with E-state index in [1.54, 1.807) is 4.68 Å². The van der Waals surface area contributed by atoms with Gasteiger partial charge in [-0.3, -0.25) is 9.48 Å². The molecule has 1 aromatic rings. The number of sulfonamides is 1. The number of carbonyl (C=O) groups is 1. The Morgan fingerprint density at radius 1 is 1.11 bits per heavy atom. The van der Waals surface area contributed by atoms with Crippen molar-refractivity contribution in [1.29, 1.82) is 0 Å². The standard InChI is InChI=1S/C17H28F3N3O3S/c1-11(2)8-13(5)10-14(9-12(3)4)23-7-6-15(21-23)16(24)22-27(25,26)17(18,19)20/h6-7,11-14H,8-10H2,1-5H3,(H,22,24).